The molecule has 0 aliphatic heterocycles. The number of phenols is 2. The van der Waals surface area contributed by atoms with Crippen LogP contribution in [0.5, 0.6) is 11.5 Å². The Balaban J connectivity index is 0.000000686. The maximum Gasteiger partial charge on any atom is 0.339 e. The van der Waals surface area contributed by atoms with E-state index in [4.69, 9.17) is 4.42 Å². The first-order valence-corrected chi connectivity index (χ1v) is 5.47. The fraction of sp³-hybridized carbons (Fsp3) is 0.308. The fourth-order valence-electron chi connectivity index (χ4n) is 1.48. The molecule has 1 aromatic carbocycles. The van der Waals surface area contributed by atoms with Gasteiger partial charge in [0.15, 0.2) is 11.3 Å². The average Bonchev–Trinajstić information content (AvgIpc) is 2.34. The van der Waals surface area contributed by atoms with Crippen molar-refractivity contribution >= 4 is 11.0 Å². The largest absolute Gasteiger partial charge is 0.504 e. The lowest BCUT2D eigenvalue weighted by molar-refractivity contribution is 0.397. The van der Waals surface area contributed by atoms with Crippen LogP contribution in [-0.4, -0.2) is 10.2 Å². The van der Waals surface area contributed by atoms with Crippen LogP contribution >= 0.6 is 0 Å². The van der Waals surface area contributed by atoms with Crippen molar-refractivity contribution in [2.75, 3.05) is 0 Å². The number of fused-ring (bicyclic) bond motifs is 1. The summed E-state index contributed by atoms with van der Waals surface area (Å²) in [6, 6.07) is 2.97. The summed E-state index contributed by atoms with van der Waals surface area (Å²) < 4.78 is 4.92. The van der Waals surface area contributed by atoms with Gasteiger partial charge in [-0.1, -0.05) is 13.8 Å². The molecule has 0 saturated carbocycles. The Hall–Kier alpha value is -1.97. The van der Waals surface area contributed by atoms with E-state index < -0.39 is 11.4 Å². The predicted molar refractivity (Wildman–Crippen MR) is 66.6 cm³/mol. The molecule has 0 aliphatic carbocycles. The molecular weight excluding hydrogens is 220 g/mol. The van der Waals surface area contributed by atoms with Crippen molar-refractivity contribution in [1.82, 2.24) is 0 Å². The van der Waals surface area contributed by atoms with Crippen LogP contribution in [0, 0.1) is 13.8 Å². The van der Waals surface area contributed by atoms with Gasteiger partial charge in [-0.15, -0.1) is 0 Å². The summed E-state index contributed by atoms with van der Waals surface area (Å²) >= 11 is 0. The Morgan fingerprint density at radius 2 is 1.65 bits per heavy atom. The van der Waals surface area contributed by atoms with Crippen molar-refractivity contribution in [3.63, 3.8) is 0 Å². The van der Waals surface area contributed by atoms with E-state index in [1.54, 1.807) is 19.9 Å². The third kappa shape index (κ3) is 2.11. The van der Waals surface area contributed by atoms with Crippen LogP contribution in [0.2, 0.25) is 0 Å². The van der Waals surface area contributed by atoms with Gasteiger partial charge >= 0.3 is 5.63 Å². The number of rotatable bonds is 0. The van der Waals surface area contributed by atoms with E-state index in [0.29, 0.717) is 10.9 Å². The smallest absolute Gasteiger partial charge is 0.339 e. The summed E-state index contributed by atoms with van der Waals surface area (Å²) in [5.74, 6) is -0.693. The molecule has 0 fully saturated rings. The normalized spacial score (nSPS) is 9.88. The molecule has 0 bridgehead atoms. The number of benzene rings is 1. The molecule has 0 spiro atoms. The second-order valence-electron chi connectivity index (χ2n) is 3.45. The number of phenolic OH excluding ortho intramolecular Hbond substituents is 2. The molecular formula is C13H16O4. The monoisotopic (exact) mass is 236 g/mol. The van der Waals surface area contributed by atoms with Crippen molar-refractivity contribution < 1.29 is 14.6 Å². The predicted octanol–water partition coefficient (Wildman–Crippen LogP) is 2.85. The van der Waals surface area contributed by atoms with E-state index in [9.17, 15) is 15.0 Å². The zero-order valence-corrected chi connectivity index (χ0v) is 10.4. The first kappa shape index (κ1) is 13.1. The molecule has 2 aromatic rings. The highest BCUT2D eigenvalue weighted by Crippen LogP contribution is 2.34. The van der Waals surface area contributed by atoms with Gasteiger partial charge in [0, 0.05) is 10.9 Å². The van der Waals surface area contributed by atoms with Gasteiger partial charge in [-0.2, -0.15) is 0 Å². The Bertz CT molecular complexity index is 596. The van der Waals surface area contributed by atoms with Gasteiger partial charge in [0.1, 0.15) is 0 Å². The molecule has 0 aliphatic rings. The van der Waals surface area contributed by atoms with E-state index in [0.717, 1.165) is 5.56 Å². The van der Waals surface area contributed by atoms with Crippen molar-refractivity contribution in [2.24, 2.45) is 0 Å². The van der Waals surface area contributed by atoms with Crippen molar-refractivity contribution in [3.8, 4) is 11.5 Å². The van der Waals surface area contributed by atoms with Crippen LogP contribution < -0.4 is 5.63 Å². The highest BCUT2D eigenvalue weighted by atomic mass is 16.4. The lowest BCUT2D eigenvalue weighted by Crippen LogP contribution is -2.05. The second kappa shape index (κ2) is 4.91. The van der Waals surface area contributed by atoms with Crippen LogP contribution in [0.15, 0.2) is 21.3 Å². The molecule has 1 aromatic heterocycles. The molecule has 0 atom stereocenters. The Labute approximate surface area is 99.1 Å². The Morgan fingerprint density at radius 3 is 2.24 bits per heavy atom. The zero-order valence-electron chi connectivity index (χ0n) is 10.4. The van der Waals surface area contributed by atoms with Crippen molar-refractivity contribution in [2.45, 2.75) is 27.7 Å². The molecule has 92 valence electrons. The van der Waals surface area contributed by atoms with Gasteiger partial charge in [0.05, 0.1) is 0 Å². The molecule has 0 saturated heterocycles. The lowest BCUT2D eigenvalue weighted by atomic mass is 10.1. The van der Waals surface area contributed by atoms with Gasteiger partial charge in [0.2, 0.25) is 5.75 Å². The number of aryl methyl sites for hydroxylation is 1. The van der Waals surface area contributed by atoms with Crippen LogP contribution in [0.3, 0.4) is 0 Å². The van der Waals surface area contributed by atoms with E-state index >= 15 is 0 Å². The van der Waals surface area contributed by atoms with Crippen LogP contribution in [0.1, 0.15) is 25.0 Å². The SMILES string of the molecule is CC.Cc1c(C)c2ccc(O)c(O)c2oc1=O. The summed E-state index contributed by atoms with van der Waals surface area (Å²) in [5, 5.41) is 19.4. The van der Waals surface area contributed by atoms with E-state index in [-0.39, 0.29) is 11.3 Å². The summed E-state index contributed by atoms with van der Waals surface area (Å²) in [5.41, 5.74) is 0.785. The van der Waals surface area contributed by atoms with Crippen LogP contribution in [0.25, 0.3) is 11.0 Å². The average molecular weight is 236 g/mol. The standard InChI is InChI=1S/C11H10O4.C2H6/c1-5-6(2)11(14)15-10-7(5)3-4-8(12)9(10)13;1-2/h3-4,12-13H,1-2H3;1-2H3. The lowest BCUT2D eigenvalue weighted by Gasteiger charge is -2.05. The summed E-state index contributed by atoms with van der Waals surface area (Å²) in [7, 11) is 0. The summed E-state index contributed by atoms with van der Waals surface area (Å²) in [4.78, 5) is 11.4. The topological polar surface area (TPSA) is 70.7 Å². The third-order valence-electron chi connectivity index (χ3n) is 2.58. The fourth-order valence-corrected chi connectivity index (χ4v) is 1.48. The molecule has 4 nitrogen and oxygen atoms in total. The maximum atomic E-state index is 11.4. The first-order valence-electron chi connectivity index (χ1n) is 5.47. The van der Waals surface area contributed by atoms with E-state index in [1.807, 2.05) is 13.8 Å². The molecule has 2 N–H and O–H groups in total. The Kier molecular flexibility index (Phi) is 3.78. The van der Waals surface area contributed by atoms with E-state index in [2.05, 4.69) is 0 Å². The second-order valence-corrected chi connectivity index (χ2v) is 3.45. The first-order chi connectivity index (χ1) is 8.02. The molecule has 0 unspecified atom stereocenters. The Morgan fingerprint density at radius 1 is 1.06 bits per heavy atom. The quantitative estimate of drug-likeness (QED) is 0.545. The highest BCUT2D eigenvalue weighted by Gasteiger charge is 2.13. The minimum Gasteiger partial charge on any atom is -0.504 e. The van der Waals surface area contributed by atoms with E-state index in [1.165, 1.54) is 6.07 Å². The molecule has 0 amide bonds. The van der Waals surface area contributed by atoms with Crippen LogP contribution in [0.4, 0.5) is 0 Å². The van der Waals surface area contributed by atoms with Gasteiger partial charge in [0.25, 0.3) is 0 Å². The van der Waals surface area contributed by atoms with Gasteiger partial charge < -0.3 is 14.6 Å². The maximum absolute atomic E-state index is 11.4. The molecule has 17 heavy (non-hydrogen) atoms. The minimum absolute atomic E-state index is 0.0306. The molecule has 0 radical (unpaired) electrons. The molecule has 4 heteroatoms. The number of hydrogen-bond acceptors (Lipinski definition) is 4. The summed E-state index contributed by atoms with van der Waals surface area (Å²) in [6.07, 6.45) is 0. The minimum atomic E-state index is -0.499. The van der Waals surface area contributed by atoms with Gasteiger partial charge in [-0.3, -0.25) is 0 Å². The zero-order chi connectivity index (χ0) is 13.2. The van der Waals surface area contributed by atoms with Crippen molar-refractivity contribution in [3.05, 3.63) is 33.7 Å². The third-order valence-corrected chi connectivity index (χ3v) is 2.58. The van der Waals surface area contributed by atoms with Gasteiger partial charge in [-0.05, 0) is 31.5 Å². The van der Waals surface area contributed by atoms with Gasteiger partial charge in [-0.25, -0.2) is 4.79 Å². The summed E-state index contributed by atoms with van der Waals surface area (Å²) in [6.45, 7) is 7.43. The van der Waals surface area contributed by atoms with Crippen molar-refractivity contribution in [1.29, 1.82) is 0 Å². The molecule has 2 rings (SSSR count). The highest BCUT2D eigenvalue weighted by molar-refractivity contribution is 5.87. The number of hydrogen-bond donors (Lipinski definition) is 2. The van der Waals surface area contributed by atoms with Crippen LogP contribution in [-0.2, 0) is 0 Å². The molecule has 1 heterocycles. The number of aromatic hydroxyl groups is 2.